The first-order chi connectivity index (χ1) is 11.8. The number of nitrogens with one attached hydrogen (secondary N) is 2. The summed E-state index contributed by atoms with van der Waals surface area (Å²) in [6.45, 7) is 3.35. The zero-order valence-corrected chi connectivity index (χ0v) is 15.2. The van der Waals surface area contributed by atoms with Crippen LogP contribution in [-0.4, -0.2) is 44.6 Å². The van der Waals surface area contributed by atoms with Crippen molar-refractivity contribution in [3.8, 4) is 0 Å². The maximum atomic E-state index is 12.1. The van der Waals surface area contributed by atoms with Crippen LogP contribution >= 0.6 is 0 Å². The first-order valence-corrected chi connectivity index (χ1v) is 10.2. The molecule has 1 saturated heterocycles. The Balaban J connectivity index is 1.53. The quantitative estimate of drug-likeness (QED) is 0.871. The van der Waals surface area contributed by atoms with Crippen LogP contribution in [0.5, 0.6) is 0 Å². The van der Waals surface area contributed by atoms with Crippen molar-refractivity contribution >= 4 is 32.7 Å². The molecule has 3 rings (SSSR count). The van der Waals surface area contributed by atoms with E-state index in [-0.39, 0.29) is 11.9 Å². The standard InChI is InChI=1S/C17H23N3O4S/c1-12-8-14-9-15(5-6-16(14)24-12)19-17(21)18-10-13-4-3-7-20(11-13)25(2,22)23/h5-6,8-9,13H,3-4,7,10-11H2,1-2H3,(H2,18,19,21)/t13-/m1/s1. The molecule has 0 spiro atoms. The van der Waals surface area contributed by atoms with Gasteiger partial charge in [0.2, 0.25) is 10.0 Å². The molecule has 2 amide bonds. The van der Waals surface area contributed by atoms with E-state index < -0.39 is 10.0 Å². The molecule has 1 aliphatic rings. The van der Waals surface area contributed by atoms with Crippen LogP contribution in [0, 0.1) is 12.8 Å². The first kappa shape index (κ1) is 17.8. The van der Waals surface area contributed by atoms with Gasteiger partial charge in [0, 0.05) is 30.7 Å². The number of hydrogen-bond acceptors (Lipinski definition) is 4. The lowest BCUT2D eigenvalue weighted by Crippen LogP contribution is -2.43. The SMILES string of the molecule is Cc1cc2cc(NC(=O)NC[C@H]3CCCN(S(C)(=O)=O)C3)ccc2o1. The van der Waals surface area contributed by atoms with Gasteiger partial charge < -0.3 is 15.1 Å². The van der Waals surface area contributed by atoms with Gasteiger partial charge in [-0.2, -0.15) is 0 Å². The number of piperidine rings is 1. The highest BCUT2D eigenvalue weighted by atomic mass is 32.2. The number of carbonyl (C=O) groups excluding carboxylic acids is 1. The van der Waals surface area contributed by atoms with Crippen LogP contribution in [0.1, 0.15) is 18.6 Å². The van der Waals surface area contributed by atoms with Crippen molar-refractivity contribution in [1.82, 2.24) is 9.62 Å². The van der Waals surface area contributed by atoms with Gasteiger partial charge in [0.1, 0.15) is 11.3 Å². The lowest BCUT2D eigenvalue weighted by Gasteiger charge is -2.30. The molecule has 136 valence electrons. The van der Waals surface area contributed by atoms with Crippen molar-refractivity contribution in [2.24, 2.45) is 5.92 Å². The number of hydrogen-bond donors (Lipinski definition) is 2. The lowest BCUT2D eigenvalue weighted by atomic mass is 10.00. The number of rotatable bonds is 4. The highest BCUT2D eigenvalue weighted by Gasteiger charge is 2.25. The van der Waals surface area contributed by atoms with Crippen molar-refractivity contribution in [2.75, 3.05) is 31.2 Å². The molecule has 25 heavy (non-hydrogen) atoms. The van der Waals surface area contributed by atoms with Gasteiger partial charge in [0.15, 0.2) is 0 Å². The average Bonchev–Trinajstić information content (AvgIpc) is 2.92. The van der Waals surface area contributed by atoms with E-state index in [0.717, 1.165) is 29.6 Å². The number of furan rings is 1. The molecule has 2 N–H and O–H groups in total. The monoisotopic (exact) mass is 365 g/mol. The van der Waals surface area contributed by atoms with E-state index in [9.17, 15) is 13.2 Å². The summed E-state index contributed by atoms with van der Waals surface area (Å²) >= 11 is 0. The molecule has 1 aromatic carbocycles. The van der Waals surface area contributed by atoms with Crippen molar-refractivity contribution in [3.63, 3.8) is 0 Å². The minimum absolute atomic E-state index is 0.133. The van der Waals surface area contributed by atoms with Gasteiger partial charge >= 0.3 is 6.03 Å². The summed E-state index contributed by atoms with van der Waals surface area (Å²) < 4.78 is 30.3. The summed E-state index contributed by atoms with van der Waals surface area (Å²) in [4.78, 5) is 12.1. The van der Waals surface area contributed by atoms with Crippen LogP contribution in [0.4, 0.5) is 10.5 Å². The lowest BCUT2D eigenvalue weighted by molar-refractivity contribution is 0.239. The smallest absolute Gasteiger partial charge is 0.319 e. The summed E-state index contributed by atoms with van der Waals surface area (Å²) in [5.41, 5.74) is 1.47. The summed E-state index contributed by atoms with van der Waals surface area (Å²) in [6.07, 6.45) is 2.95. The number of fused-ring (bicyclic) bond motifs is 1. The predicted octanol–water partition coefficient (Wildman–Crippen LogP) is 2.53. The maximum absolute atomic E-state index is 12.1. The van der Waals surface area contributed by atoms with Gasteiger partial charge in [-0.3, -0.25) is 0 Å². The zero-order chi connectivity index (χ0) is 18.0. The van der Waals surface area contributed by atoms with Crippen LogP contribution in [0.25, 0.3) is 11.0 Å². The van der Waals surface area contributed by atoms with E-state index in [4.69, 9.17) is 4.42 Å². The van der Waals surface area contributed by atoms with Crippen molar-refractivity contribution in [3.05, 3.63) is 30.0 Å². The van der Waals surface area contributed by atoms with Gasteiger partial charge in [0.25, 0.3) is 0 Å². The summed E-state index contributed by atoms with van der Waals surface area (Å²) in [5, 5.41) is 6.57. The number of benzene rings is 1. The summed E-state index contributed by atoms with van der Waals surface area (Å²) in [7, 11) is -3.17. The number of nitrogens with zero attached hydrogens (tertiary/aromatic N) is 1. The van der Waals surface area contributed by atoms with Crippen molar-refractivity contribution in [1.29, 1.82) is 0 Å². The van der Waals surface area contributed by atoms with Crippen LogP contribution in [0.15, 0.2) is 28.7 Å². The van der Waals surface area contributed by atoms with E-state index in [0.29, 0.717) is 25.3 Å². The molecule has 0 bridgehead atoms. The second-order valence-corrected chi connectivity index (χ2v) is 8.56. The van der Waals surface area contributed by atoms with E-state index >= 15 is 0 Å². The maximum Gasteiger partial charge on any atom is 0.319 e. The van der Waals surface area contributed by atoms with E-state index in [2.05, 4.69) is 10.6 Å². The number of amides is 2. The Labute approximate surface area is 147 Å². The molecule has 1 atom stereocenters. The van der Waals surface area contributed by atoms with E-state index in [1.165, 1.54) is 10.6 Å². The second-order valence-electron chi connectivity index (χ2n) is 6.57. The van der Waals surface area contributed by atoms with Crippen LogP contribution < -0.4 is 10.6 Å². The fourth-order valence-corrected chi connectivity index (χ4v) is 4.10. The zero-order valence-electron chi connectivity index (χ0n) is 14.4. The predicted molar refractivity (Wildman–Crippen MR) is 97.1 cm³/mol. The number of urea groups is 1. The molecule has 0 saturated carbocycles. The highest BCUT2D eigenvalue weighted by Crippen LogP contribution is 2.22. The molecule has 1 aliphatic heterocycles. The van der Waals surface area contributed by atoms with Gasteiger partial charge in [0.05, 0.1) is 6.26 Å². The largest absolute Gasteiger partial charge is 0.461 e. The van der Waals surface area contributed by atoms with Gasteiger partial charge in [-0.05, 0) is 49.9 Å². The second kappa shape index (κ2) is 7.05. The minimum Gasteiger partial charge on any atom is -0.461 e. The Morgan fingerprint density at radius 1 is 1.36 bits per heavy atom. The van der Waals surface area contributed by atoms with Crippen molar-refractivity contribution < 1.29 is 17.6 Å². The molecule has 8 heteroatoms. The first-order valence-electron chi connectivity index (χ1n) is 8.31. The van der Waals surface area contributed by atoms with Crippen LogP contribution in [0.2, 0.25) is 0 Å². The molecule has 0 unspecified atom stereocenters. The fourth-order valence-electron chi connectivity index (χ4n) is 3.16. The molecular weight excluding hydrogens is 342 g/mol. The Kier molecular flexibility index (Phi) is 5.01. The number of aryl methyl sites for hydroxylation is 1. The molecule has 0 radical (unpaired) electrons. The Morgan fingerprint density at radius 3 is 2.92 bits per heavy atom. The van der Waals surface area contributed by atoms with E-state index in [1.54, 1.807) is 6.07 Å². The molecule has 2 aromatic rings. The fraction of sp³-hybridized carbons (Fsp3) is 0.471. The number of carbonyl (C=O) groups is 1. The third-order valence-corrected chi connectivity index (χ3v) is 5.67. The van der Waals surface area contributed by atoms with Gasteiger partial charge in [-0.25, -0.2) is 17.5 Å². The average molecular weight is 365 g/mol. The summed E-state index contributed by atoms with van der Waals surface area (Å²) in [5.74, 6) is 0.956. The normalized spacial score (nSPS) is 19.0. The number of sulfonamides is 1. The van der Waals surface area contributed by atoms with Crippen LogP contribution in [-0.2, 0) is 10.0 Å². The Bertz CT molecular complexity index is 875. The molecular formula is C17H23N3O4S. The molecule has 2 heterocycles. The van der Waals surface area contributed by atoms with Crippen molar-refractivity contribution in [2.45, 2.75) is 19.8 Å². The third-order valence-electron chi connectivity index (χ3n) is 4.40. The number of anilines is 1. The minimum atomic E-state index is -3.17. The molecule has 1 aromatic heterocycles. The van der Waals surface area contributed by atoms with Crippen LogP contribution in [0.3, 0.4) is 0 Å². The Hall–Kier alpha value is -2.06. The molecule has 1 fully saturated rings. The molecule has 0 aliphatic carbocycles. The van der Waals surface area contributed by atoms with E-state index in [1.807, 2.05) is 25.1 Å². The highest BCUT2D eigenvalue weighted by molar-refractivity contribution is 7.88. The topological polar surface area (TPSA) is 91.7 Å². The summed E-state index contributed by atoms with van der Waals surface area (Å²) in [6, 6.07) is 7.09. The van der Waals surface area contributed by atoms with Gasteiger partial charge in [-0.1, -0.05) is 0 Å². The molecule has 7 nitrogen and oxygen atoms in total. The Morgan fingerprint density at radius 2 is 2.16 bits per heavy atom. The third kappa shape index (κ3) is 4.52. The van der Waals surface area contributed by atoms with Gasteiger partial charge in [-0.15, -0.1) is 0 Å².